The van der Waals surface area contributed by atoms with Gasteiger partial charge >= 0.3 is 6.18 Å². The predicted octanol–water partition coefficient (Wildman–Crippen LogP) is 3.96. The summed E-state index contributed by atoms with van der Waals surface area (Å²) in [5.74, 6) is -1.32. The lowest BCUT2D eigenvalue weighted by Crippen LogP contribution is -2.44. The number of rotatable bonds is 6. The third-order valence-corrected chi connectivity index (χ3v) is 7.85. The Morgan fingerprint density at radius 2 is 1.89 bits per heavy atom. The lowest BCUT2D eigenvalue weighted by atomic mass is 9.91. The zero-order valence-electron chi connectivity index (χ0n) is 20.6. The topological polar surface area (TPSA) is 102 Å². The van der Waals surface area contributed by atoms with Crippen LogP contribution in [0.1, 0.15) is 36.5 Å². The highest BCUT2D eigenvalue weighted by Gasteiger charge is 2.35. The Bertz CT molecular complexity index is 1350. The van der Waals surface area contributed by atoms with Crippen LogP contribution in [0.2, 0.25) is 0 Å². The van der Waals surface area contributed by atoms with Gasteiger partial charge in [0.15, 0.2) is 5.75 Å². The molecule has 8 nitrogen and oxygen atoms in total. The van der Waals surface area contributed by atoms with E-state index >= 15 is 0 Å². The monoisotopic (exact) mass is 552 g/mol. The van der Waals surface area contributed by atoms with Gasteiger partial charge in [-0.2, -0.15) is 18.1 Å². The van der Waals surface area contributed by atoms with E-state index < -0.39 is 39.5 Å². The number of carbonyl (C=O) groups is 2. The van der Waals surface area contributed by atoms with Crippen molar-refractivity contribution in [3.8, 4) is 16.9 Å². The van der Waals surface area contributed by atoms with Crippen LogP contribution in [0.25, 0.3) is 17.2 Å². The molecule has 0 bridgehead atoms. The summed E-state index contributed by atoms with van der Waals surface area (Å²) >= 11 is 0. The number of hydrogen-bond donors (Lipinski definition) is 1. The number of nitrogens with zero attached hydrogens (tertiary/aromatic N) is 1. The molecule has 2 aliphatic rings. The molecule has 38 heavy (non-hydrogen) atoms. The zero-order valence-corrected chi connectivity index (χ0v) is 21.4. The molecule has 12 heteroatoms. The molecule has 4 rings (SSSR count). The van der Waals surface area contributed by atoms with Gasteiger partial charge in [-0.3, -0.25) is 14.3 Å². The van der Waals surface area contributed by atoms with E-state index in [0.29, 0.717) is 17.7 Å². The van der Waals surface area contributed by atoms with Crippen LogP contribution >= 0.6 is 0 Å². The van der Waals surface area contributed by atoms with Gasteiger partial charge in [0.25, 0.3) is 0 Å². The lowest BCUT2D eigenvalue weighted by Gasteiger charge is -2.30. The van der Waals surface area contributed by atoms with Gasteiger partial charge in [0.05, 0.1) is 17.9 Å². The molecule has 2 heterocycles. The minimum absolute atomic E-state index is 0.0501. The van der Waals surface area contributed by atoms with E-state index in [4.69, 9.17) is 9.78 Å². The molecule has 2 amide bonds. The van der Waals surface area contributed by atoms with E-state index in [1.165, 1.54) is 42.2 Å². The summed E-state index contributed by atoms with van der Waals surface area (Å²) in [5, 5.41) is 0. The van der Waals surface area contributed by atoms with Crippen LogP contribution in [-0.4, -0.2) is 50.6 Å². The second-order valence-electron chi connectivity index (χ2n) is 9.05. The third-order valence-electron chi connectivity index (χ3n) is 6.57. The Labute approximate surface area is 218 Å². The lowest BCUT2D eigenvalue weighted by molar-refractivity contribution is -0.215. The van der Waals surface area contributed by atoms with Gasteiger partial charge in [0, 0.05) is 42.6 Å². The fraction of sp³-hybridized carbons (Fsp3) is 0.385. The number of likely N-dealkylation sites (tertiary alicyclic amines) is 1. The second-order valence-corrected chi connectivity index (χ2v) is 11.1. The maximum Gasteiger partial charge on any atom is 0.417 e. The fourth-order valence-corrected chi connectivity index (χ4v) is 5.09. The van der Waals surface area contributed by atoms with Crippen LogP contribution in [0.3, 0.4) is 0 Å². The van der Waals surface area contributed by atoms with Gasteiger partial charge in [-0.05, 0) is 55.2 Å². The quantitative estimate of drug-likeness (QED) is 0.430. The molecule has 0 saturated carbocycles. The highest BCUT2D eigenvalue weighted by Crippen LogP contribution is 2.41. The first-order valence-corrected chi connectivity index (χ1v) is 13.8. The molecular formula is C26H27F3N2O6S. The van der Waals surface area contributed by atoms with Crippen LogP contribution in [-0.2, 0) is 37.1 Å². The first-order valence-electron chi connectivity index (χ1n) is 12.1. The maximum absolute atomic E-state index is 14.0. The highest BCUT2D eigenvalue weighted by molar-refractivity contribution is 7.90. The molecule has 1 N–H and O–H groups in total. The van der Waals surface area contributed by atoms with E-state index in [-0.39, 0.29) is 49.4 Å². The van der Waals surface area contributed by atoms with Gasteiger partial charge in [0.2, 0.25) is 21.8 Å². The van der Waals surface area contributed by atoms with Gasteiger partial charge in [0.1, 0.15) is 0 Å². The van der Waals surface area contributed by atoms with Crippen molar-refractivity contribution in [1.29, 1.82) is 0 Å². The van der Waals surface area contributed by atoms with Crippen molar-refractivity contribution in [2.24, 2.45) is 5.92 Å². The molecule has 2 aliphatic heterocycles. The van der Waals surface area contributed by atoms with E-state index in [9.17, 15) is 31.2 Å². The Morgan fingerprint density at radius 1 is 1.16 bits per heavy atom. The van der Waals surface area contributed by atoms with Gasteiger partial charge < -0.3 is 9.79 Å². The number of piperidine rings is 1. The van der Waals surface area contributed by atoms with Gasteiger partial charge in [-0.1, -0.05) is 18.2 Å². The summed E-state index contributed by atoms with van der Waals surface area (Å²) in [4.78, 5) is 36.6. The van der Waals surface area contributed by atoms with Crippen molar-refractivity contribution in [2.45, 2.75) is 32.4 Å². The van der Waals surface area contributed by atoms with E-state index in [1.807, 2.05) is 4.72 Å². The van der Waals surface area contributed by atoms with Gasteiger partial charge in [-0.15, -0.1) is 0 Å². The molecule has 0 atom stereocenters. The van der Waals surface area contributed by atoms with Crippen molar-refractivity contribution < 1.29 is 41.0 Å². The standard InChI is InChI=1S/C26H27F3N2O6S/c1-2-38(34,35)30-25(33)18-10-13-31(14-11-18)23(32)9-7-17-4-3-5-21(26(27,28)29)24(17)20-6-8-22-19(16-20)12-15-36-37-22/h3-9,16,18H,2,10-15H2,1H3,(H,30,33)/b9-7+. The maximum atomic E-state index is 14.0. The van der Waals surface area contributed by atoms with Gasteiger partial charge in [-0.25, -0.2) is 8.42 Å². The second kappa shape index (κ2) is 11.2. The third kappa shape index (κ3) is 6.36. The number of carbonyl (C=O) groups excluding carboxylic acids is 2. The Kier molecular flexibility index (Phi) is 8.12. The summed E-state index contributed by atoms with van der Waals surface area (Å²) in [6.07, 6.45) is -0.999. The van der Waals surface area contributed by atoms with E-state index in [0.717, 1.165) is 11.6 Å². The number of sulfonamides is 1. The Morgan fingerprint density at radius 3 is 2.58 bits per heavy atom. The van der Waals surface area contributed by atoms with E-state index in [1.54, 1.807) is 12.1 Å². The number of benzene rings is 2. The number of amides is 2. The van der Waals surface area contributed by atoms with Crippen LogP contribution in [0.15, 0.2) is 42.5 Å². The summed E-state index contributed by atoms with van der Waals surface area (Å²) in [6.45, 7) is 2.14. The largest absolute Gasteiger partial charge is 0.417 e. The predicted molar refractivity (Wildman–Crippen MR) is 133 cm³/mol. The molecule has 204 valence electrons. The van der Waals surface area contributed by atoms with E-state index in [2.05, 4.69) is 0 Å². The summed E-state index contributed by atoms with van der Waals surface area (Å²) in [5.41, 5.74) is 0.401. The first kappa shape index (κ1) is 27.6. The first-order chi connectivity index (χ1) is 18.0. The average Bonchev–Trinajstić information content (AvgIpc) is 2.90. The minimum atomic E-state index is -4.62. The molecular weight excluding hydrogens is 525 g/mol. The molecule has 2 aromatic rings. The molecule has 2 aromatic carbocycles. The molecule has 1 fully saturated rings. The van der Waals surface area contributed by atoms with Crippen molar-refractivity contribution >= 4 is 27.9 Å². The Balaban J connectivity index is 1.53. The molecule has 0 radical (unpaired) electrons. The summed E-state index contributed by atoms with van der Waals surface area (Å²) < 4.78 is 67.2. The Hall–Kier alpha value is -3.38. The molecule has 1 saturated heterocycles. The number of alkyl halides is 3. The number of nitrogens with one attached hydrogen (secondary N) is 1. The van der Waals surface area contributed by atoms with Crippen LogP contribution < -0.4 is 9.61 Å². The highest BCUT2D eigenvalue weighted by atomic mass is 32.2. The van der Waals surface area contributed by atoms with Crippen LogP contribution in [0, 0.1) is 5.92 Å². The molecule has 0 unspecified atom stereocenters. The minimum Gasteiger partial charge on any atom is -0.339 e. The number of halogens is 3. The van der Waals surface area contributed by atoms with Crippen molar-refractivity contribution in [2.75, 3.05) is 25.4 Å². The fourth-order valence-electron chi connectivity index (χ4n) is 4.47. The number of hydrogen-bond acceptors (Lipinski definition) is 6. The molecule has 0 aromatic heterocycles. The smallest absolute Gasteiger partial charge is 0.339 e. The summed E-state index contributed by atoms with van der Waals surface area (Å²) in [7, 11) is -3.67. The van der Waals surface area contributed by atoms with Crippen molar-refractivity contribution in [1.82, 2.24) is 9.62 Å². The SMILES string of the molecule is CCS(=O)(=O)NC(=O)C1CCN(C(=O)/C=C/c2cccc(C(F)(F)F)c2-c2ccc3c(c2)CCOO3)CC1. The van der Waals surface area contributed by atoms with Crippen molar-refractivity contribution in [3.63, 3.8) is 0 Å². The zero-order chi connectivity index (χ0) is 27.5. The van der Waals surface area contributed by atoms with Crippen LogP contribution in [0.4, 0.5) is 13.2 Å². The summed E-state index contributed by atoms with van der Waals surface area (Å²) in [6, 6.07) is 8.52. The average molecular weight is 553 g/mol. The number of fused-ring (bicyclic) bond motifs is 1. The van der Waals surface area contributed by atoms with Crippen LogP contribution in [0.5, 0.6) is 5.75 Å². The molecule has 0 spiro atoms. The normalized spacial score (nSPS) is 16.7. The van der Waals surface area contributed by atoms with Crippen molar-refractivity contribution in [3.05, 3.63) is 59.2 Å². The molecule has 0 aliphatic carbocycles.